The molecule has 3 aliphatic rings. The average Bonchev–Trinajstić information content (AvgIpc) is 3.14. The number of hydrogen-bond acceptors (Lipinski definition) is 6. The number of nitrogens with two attached hydrogens (primary N) is 1. The summed E-state index contributed by atoms with van der Waals surface area (Å²) in [6.07, 6.45) is 7.82. The second-order valence-corrected chi connectivity index (χ2v) is 10.2. The van der Waals surface area contributed by atoms with Gasteiger partial charge in [0.1, 0.15) is 12.5 Å². The summed E-state index contributed by atoms with van der Waals surface area (Å²) in [5, 5.41) is 0. The van der Waals surface area contributed by atoms with Gasteiger partial charge in [0.25, 0.3) is 0 Å². The third-order valence-electron chi connectivity index (χ3n) is 8.23. The van der Waals surface area contributed by atoms with Crippen LogP contribution in [0.2, 0.25) is 0 Å². The minimum absolute atomic E-state index is 0.202. The third-order valence-corrected chi connectivity index (χ3v) is 8.23. The van der Waals surface area contributed by atoms with Crippen LogP contribution in [0.3, 0.4) is 0 Å². The highest BCUT2D eigenvalue weighted by Gasteiger charge is 2.61. The summed E-state index contributed by atoms with van der Waals surface area (Å²) in [4.78, 5) is 11.2. The molecule has 2 aliphatic carbocycles. The van der Waals surface area contributed by atoms with Crippen LogP contribution in [0.15, 0.2) is 72.0 Å². The molecule has 36 heavy (non-hydrogen) atoms. The fourth-order valence-electron chi connectivity index (χ4n) is 6.30. The van der Waals surface area contributed by atoms with Gasteiger partial charge in [0.05, 0.1) is 12.3 Å². The highest BCUT2D eigenvalue weighted by atomic mass is 19.1. The van der Waals surface area contributed by atoms with Gasteiger partial charge in [0.15, 0.2) is 11.7 Å². The molecule has 7 heteroatoms. The maximum Gasteiger partial charge on any atom is 0.196 e. The number of methoxy groups -OCH3 is 1. The number of pyridine rings is 1. The van der Waals surface area contributed by atoms with Gasteiger partial charge >= 0.3 is 0 Å². The van der Waals surface area contributed by atoms with Crippen LogP contribution < -0.4 is 5.73 Å². The summed E-state index contributed by atoms with van der Waals surface area (Å²) >= 11 is 0. The zero-order valence-corrected chi connectivity index (χ0v) is 20.5. The van der Waals surface area contributed by atoms with Crippen molar-refractivity contribution in [3.63, 3.8) is 0 Å². The van der Waals surface area contributed by atoms with Gasteiger partial charge in [-0.2, -0.15) is 0 Å². The van der Waals surface area contributed by atoms with Gasteiger partial charge in [0.2, 0.25) is 0 Å². The highest BCUT2D eigenvalue weighted by Crippen LogP contribution is 2.61. The Labute approximate surface area is 211 Å². The van der Waals surface area contributed by atoms with Crippen molar-refractivity contribution >= 4 is 5.96 Å². The van der Waals surface area contributed by atoms with Gasteiger partial charge in [0, 0.05) is 36.4 Å². The number of ether oxygens (including phenoxy) is 2. The molecular weight excluding hydrogens is 455 g/mol. The molecule has 2 spiro atoms. The molecule has 186 valence electrons. The van der Waals surface area contributed by atoms with Crippen LogP contribution in [0, 0.1) is 11.2 Å². The number of fused-ring (bicyclic) bond motifs is 3. The van der Waals surface area contributed by atoms with Crippen LogP contribution in [-0.4, -0.2) is 35.8 Å². The molecule has 2 aromatic carbocycles. The molecule has 0 amide bonds. The molecule has 0 saturated heterocycles. The van der Waals surface area contributed by atoms with Crippen molar-refractivity contribution in [2.75, 3.05) is 13.8 Å². The fourth-order valence-corrected chi connectivity index (χ4v) is 6.30. The Morgan fingerprint density at radius 3 is 2.61 bits per heavy atom. The van der Waals surface area contributed by atoms with Crippen LogP contribution in [0.4, 0.5) is 4.39 Å². The summed E-state index contributed by atoms with van der Waals surface area (Å²) in [6.45, 7) is 0.984. The molecule has 6 nitrogen and oxygen atoms in total. The summed E-state index contributed by atoms with van der Waals surface area (Å²) in [6, 6.07) is 18.0. The van der Waals surface area contributed by atoms with Crippen molar-refractivity contribution in [1.82, 2.24) is 9.88 Å². The molecule has 1 fully saturated rings. The van der Waals surface area contributed by atoms with E-state index in [2.05, 4.69) is 29.2 Å². The lowest BCUT2D eigenvalue weighted by Gasteiger charge is -2.50. The molecule has 0 radical (unpaired) electrons. The fraction of sp³-hybridized carbons (Fsp3) is 0.379. The van der Waals surface area contributed by atoms with E-state index in [0.29, 0.717) is 19.2 Å². The van der Waals surface area contributed by atoms with E-state index in [1.165, 1.54) is 17.8 Å². The Morgan fingerprint density at radius 2 is 1.89 bits per heavy atom. The van der Waals surface area contributed by atoms with Crippen molar-refractivity contribution in [2.24, 2.45) is 16.1 Å². The Hall–Kier alpha value is -3.29. The van der Waals surface area contributed by atoms with E-state index in [-0.39, 0.29) is 17.3 Å². The molecular formula is C29H31FN4O2. The van der Waals surface area contributed by atoms with Gasteiger partial charge in [-0.1, -0.05) is 42.5 Å². The Morgan fingerprint density at radius 1 is 1.08 bits per heavy atom. The number of guanidine groups is 1. The summed E-state index contributed by atoms with van der Waals surface area (Å²) in [5.74, 6) is 0.133. The first-order chi connectivity index (χ1) is 17.5. The van der Waals surface area contributed by atoms with Crippen LogP contribution in [0.25, 0.3) is 11.1 Å². The van der Waals surface area contributed by atoms with Crippen molar-refractivity contribution in [3.05, 3.63) is 89.5 Å². The van der Waals surface area contributed by atoms with E-state index in [4.69, 9.17) is 20.2 Å². The van der Waals surface area contributed by atoms with E-state index in [0.717, 1.165) is 54.4 Å². The smallest absolute Gasteiger partial charge is 0.196 e. The average molecular weight is 487 g/mol. The van der Waals surface area contributed by atoms with E-state index in [1.54, 1.807) is 13.3 Å². The van der Waals surface area contributed by atoms with Crippen molar-refractivity contribution in [1.29, 1.82) is 0 Å². The van der Waals surface area contributed by atoms with Gasteiger partial charge in [-0.05, 0) is 60.9 Å². The van der Waals surface area contributed by atoms with E-state index < -0.39 is 5.72 Å². The minimum atomic E-state index is -0.880. The first-order valence-corrected chi connectivity index (χ1v) is 12.6. The number of aromatic nitrogens is 1. The Balaban J connectivity index is 1.42. The zero-order chi connectivity index (χ0) is 24.8. The second kappa shape index (κ2) is 8.98. The highest BCUT2D eigenvalue weighted by molar-refractivity contribution is 5.79. The Bertz CT molecular complexity index is 1290. The van der Waals surface area contributed by atoms with Gasteiger partial charge in [-0.15, -0.1) is 0 Å². The largest absolute Gasteiger partial charge is 0.381 e. The maximum atomic E-state index is 14.0. The van der Waals surface area contributed by atoms with E-state index >= 15 is 0 Å². The molecule has 1 aliphatic heterocycles. The SMILES string of the molecule is COC1CCC2(CC1)Cc1ccc(-c3cncc(F)c3)cc1C21N=C(N)N(Cc2ccccc2)CO1. The van der Waals surface area contributed by atoms with Crippen molar-refractivity contribution < 1.29 is 13.9 Å². The molecule has 6 rings (SSSR count). The lowest BCUT2D eigenvalue weighted by Crippen LogP contribution is -2.55. The zero-order valence-electron chi connectivity index (χ0n) is 20.5. The normalized spacial score (nSPS) is 27.3. The summed E-state index contributed by atoms with van der Waals surface area (Å²) in [5.41, 5.74) is 10.6. The van der Waals surface area contributed by atoms with Crippen LogP contribution in [0.1, 0.15) is 42.4 Å². The van der Waals surface area contributed by atoms with E-state index in [9.17, 15) is 4.39 Å². The predicted molar refractivity (Wildman–Crippen MR) is 136 cm³/mol. The number of hydrogen-bond donors (Lipinski definition) is 1. The topological polar surface area (TPSA) is 73.0 Å². The second-order valence-electron chi connectivity index (χ2n) is 10.2. The Kier molecular flexibility index (Phi) is 5.77. The molecule has 2 N–H and O–H groups in total. The first kappa shape index (κ1) is 23.1. The van der Waals surface area contributed by atoms with Gasteiger partial charge < -0.3 is 20.1 Å². The predicted octanol–water partition coefficient (Wildman–Crippen LogP) is 4.98. The molecule has 1 atom stereocenters. The molecule has 0 bridgehead atoms. The minimum Gasteiger partial charge on any atom is -0.381 e. The molecule has 1 saturated carbocycles. The quantitative estimate of drug-likeness (QED) is 0.563. The molecule has 3 aromatic rings. The molecule has 1 aromatic heterocycles. The summed E-state index contributed by atoms with van der Waals surface area (Å²) in [7, 11) is 1.79. The van der Waals surface area contributed by atoms with E-state index in [1.807, 2.05) is 29.2 Å². The monoisotopic (exact) mass is 486 g/mol. The number of benzene rings is 2. The third kappa shape index (κ3) is 3.78. The molecule has 1 unspecified atom stereocenters. The molecule has 2 heterocycles. The number of rotatable bonds is 4. The first-order valence-electron chi connectivity index (χ1n) is 12.6. The van der Waals surface area contributed by atoms with Crippen LogP contribution in [0.5, 0.6) is 0 Å². The number of nitrogens with zero attached hydrogens (tertiary/aromatic N) is 3. The van der Waals surface area contributed by atoms with Gasteiger partial charge in [-0.3, -0.25) is 4.98 Å². The van der Waals surface area contributed by atoms with Crippen LogP contribution in [-0.2, 0) is 28.2 Å². The standard InChI is InChI=1S/C29H31FN4O2/c1-35-25-9-11-28(12-10-25)15-22-8-7-21(23-13-24(30)17-32-16-23)14-26(22)29(28)33-27(31)34(19-36-29)18-20-5-3-2-4-6-20/h2-8,13-14,16-17,25H,9-12,15,18-19H2,1H3,(H2,31,33). The van der Waals surface area contributed by atoms with Crippen molar-refractivity contribution in [3.8, 4) is 11.1 Å². The lowest BCUT2D eigenvalue weighted by molar-refractivity contribution is -0.180. The summed E-state index contributed by atoms with van der Waals surface area (Å²) < 4.78 is 26.5. The van der Waals surface area contributed by atoms with Gasteiger partial charge in [-0.25, -0.2) is 9.38 Å². The number of halogens is 1. The van der Waals surface area contributed by atoms with Crippen LogP contribution >= 0.6 is 0 Å². The maximum absolute atomic E-state index is 14.0. The lowest BCUT2D eigenvalue weighted by atomic mass is 9.66. The number of aliphatic imine (C=N–C) groups is 1. The van der Waals surface area contributed by atoms with Crippen molar-refractivity contribution in [2.45, 2.75) is 50.5 Å².